The van der Waals surface area contributed by atoms with Crippen LogP contribution in [0.1, 0.15) is 22.7 Å². The van der Waals surface area contributed by atoms with Gasteiger partial charge in [0, 0.05) is 24.5 Å². The molecule has 0 aliphatic heterocycles. The highest BCUT2D eigenvalue weighted by molar-refractivity contribution is 7.09. The number of amides is 1. The van der Waals surface area contributed by atoms with E-state index in [0.717, 1.165) is 22.0 Å². The van der Waals surface area contributed by atoms with Gasteiger partial charge < -0.3 is 10.6 Å². The van der Waals surface area contributed by atoms with Gasteiger partial charge in [0.05, 0.1) is 17.2 Å². The Morgan fingerprint density at radius 3 is 2.80 bits per heavy atom. The van der Waals surface area contributed by atoms with Crippen LogP contribution in [0.25, 0.3) is 0 Å². The van der Waals surface area contributed by atoms with Crippen molar-refractivity contribution in [3.8, 4) is 0 Å². The van der Waals surface area contributed by atoms with E-state index in [0.29, 0.717) is 19.4 Å². The van der Waals surface area contributed by atoms with Crippen LogP contribution in [-0.4, -0.2) is 22.8 Å². The molecule has 1 aromatic heterocycles. The summed E-state index contributed by atoms with van der Waals surface area (Å²) < 4.78 is 0. The number of anilines is 1. The van der Waals surface area contributed by atoms with Crippen LogP contribution in [0.5, 0.6) is 0 Å². The highest BCUT2D eigenvalue weighted by Crippen LogP contribution is 2.14. The van der Waals surface area contributed by atoms with Crippen molar-refractivity contribution < 1.29 is 4.79 Å². The van der Waals surface area contributed by atoms with Crippen LogP contribution in [0.2, 0.25) is 0 Å². The van der Waals surface area contributed by atoms with Crippen LogP contribution in [0, 0.1) is 6.92 Å². The first kappa shape index (κ1) is 14.5. The Morgan fingerprint density at radius 2 is 2.15 bits per heavy atom. The van der Waals surface area contributed by atoms with E-state index in [1.807, 2.05) is 43.6 Å². The van der Waals surface area contributed by atoms with Gasteiger partial charge in [-0.15, -0.1) is 11.3 Å². The van der Waals surface area contributed by atoms with Gasteiger partial charge in [0.25, 0.3) is 0 Å². The molecule has 20 heavy (non-hydrogen) atoms. The molecule has 0 spiro atoms. The second kappa shape index (κ2) is 6.52. The van der Waals surface area contributed by atoms with Gasteiger partial charge in [-0.2, -0.15) is 0 Å². The van der Waals surface area contributed by atoms with Gasteiger partial charge in [-0.25, -0.2) is 4.98 Å². The largest absolute Gasteiger partial charge is 0.399 e. The van der Waals surface area contributed by atoms with Gasteiger partial charge in [0.1, 0.15) is 0 Å². The number of nitrogen functional groups attached to an aromatic ring is 1. The lowest BCUT2D eigenvalue weighted by atomic mass is 10.1. The minimum Gasteiger partial charge on any atom is -0.399 e. The molecule has 0 bridgehead atoms. The average Bonchev–Trinajstić information content (AvgIpc) is 2.82. The monoisotopic (exact) mass is 289 g/mol. The van der Waals surface area contributed by atoms with Crippen molar-refractivity contribution in [3.63, 3.8) is 0 Å². The van der Waals surface area contributed by atoms with E-state index in [9.17, 15) is 4.79 Å². The predicted molar refractivity (Wildman–Crippen MR) is 82.5 cm³/mol. The van der Waals surface area contributed by atoms with Crippen molar-refractivity contribution >= 4 is 22.9 Å². The van der Waals surface area contributed by atoms with Gasteiger partial charge in [0.15, 0.2) is 0 Å². The zero-order chi connectivity index (χ0) is 14.5. The third kappa shape index (κ3) is 3.81. The third-order valence-electron chi connectivity index (χ3n) is 3.15. The number of carbonyl (C=O) groups is 1. The number of nitrogens with two attached hydrogens (primary N) is 1. The van der Waals surface area contributed by atoms with Gasteiger partial charge in [-0.3, -0.25) is 4.79 Å². The van der Waals surface area contributed by atoms with Crippen molar-refractivity contribution in [1.29, 1.82) is 0 Å². The molecular weight excluding hydrogens is 270 g/mol. The third-order valence-corrected chi connectivity index (χ3v) is 3.98. The number of benzene rings is 1. The summed E-state index contributed by atoms with van der Waals surface area (Å²) in [4.78, 5) is 18.2. The van der Waals surface area contributed by atoms with Crippen LogP contribution in [0.15, 0.2) is 29.6 Å². The van der Waals surface area contributed by atoms with E-state index >= 15 is 0 Å². The van der Waals surface area contributed by atoms with E-state index in [1.54, 1.807) is 16.2 Å². The Morgan fingerprint density at radius 1 is 1.40 bits per heavy atom. The molecule has 5 heteroatoms. The number of thiazole rings is 1. The fraction of sp³-hybridized carbons (Fsp3) is 0.333. The molecule has 1 aromatic carbocycles. The van der Waals surface area contributed by atoms with E-state index < -0.39 is 0 Å². The summed E-state index contributed by atoms with van der Waals surface area (Å²) >= 11 is 1.60. The second-order valence-corrected chi connectivity index (χ2v) is 5.87. The molecule has 0 unspecified atom stereocenters. The maximum Gasteiger partial charge on any atom is 0.222 e. The van der Waals surface area contributed by atoms with E-state index in [-0.39, 0.29) is 5.91 Å². The minimum absolute atomic E-state index is 0.110. The zero-order valence-electron chi connectivity index (χ0n) is 11.8. The maximum absolute atomic E-state index is 12.1. The van der Waals surface area contributed by atoms with Gasteiger partial charge >= 0.3 is 0 Å². The Labute approximate surface area is 123 Å². The van der Waals surface area contributed by atoms with E-state index in [1.165, 1.54) is 0 Å². The number of rotatable bonds is 5. The standard InChI is InChI=1S/C15H19N3OS/c1-11-17-13(10-20-11)9-18(2)15(19)8-7-12-5-3-4-6-14(12)16/h3-6,10H,7-9,16H2,1-2H3. The molecule has 0 saturated carbocycles. The molecule has 0 aliphatic rings. The Hall–Kier alpha value is -1.88. The fourth-order valence-electron chi connectivity index (χ4n) is 2.01. The summed E-state index contributed by atoms with van der Waals surface area (Å²) in [5, 5.41) is 3.02. The molecule has 1 amide bonds. The second-order valence-electron chi connectivity index (χ2n) is 4.81. The van der Waals surface area contributed by atoms with Crippen molar-refractivity contribution in [3.05, 3.63) is 45.9 Å². The summed E-state index contributed by atoms with van der Waals surface area (Å²) in [6.45, 7) is 2.53. The van der Waals surface area contributed by atoms with Crippen molar-refractivity contribution in [1.82, 2.24) is 9.88 Å². The molecule has 0 fully saturated rings. The van der Waals surface area contributed by atoms with Crippen molar-refractivity contribution in [2.75, 3.05) is 12.8 Å². The average molecular weight is 289 g/mol. The first-order valence-corrected chi connectivity index (χ1v) is 7.42. The Balaban J connectivity index is 1.87. The van der Waals surface area contributed by atoms with Crippen LogP contribution >= 0.6 is 11.3 Å². The maximum atomic E-state index is 12.1. The SMILES string of the molecule is Cc1nc(CN(C)C(=O)CCc2ccccc2N)cs1. The lowest BCUT2D eigenvalue weighted by molar-refractivity contribution is -0.130. The minimum atomic E-state index is 0.110. The van der Waals surface area contributed by atoms with Gasteiger partial charge in [-0.1, -0.05) is 18.2 Å². The van der Waals surface area contributed by atoms with Gasteiger partial charge in [0.2, 0.25) is 5.91 Å². The quantitative estimate of drug-likeness (QED) is 0.861. The zero-order valence-corrected chi connectivity index (χ0v) is 12.6. The van der Waals surface area contributed by atoms with Crippen LogP contribution in [0.4, 0.5) is 5.69 Å². The summed E-state index contributed by atoms with van der Waals surface area (Å²) in [5.41, 5.74) is 8.60. The predicted octanol–water partition coefficient (Wildman–Crippen LogP) is 2.62. The summed E-state index contributed by atoms with van der Waals surface area (Å²) in [5.74, 6) is 0.110. The molecule has 0 radical (unpaired) electrons. The molecule has 1 heterocycles. The lowest BCUT2D eigenvalue weighted by Crippen LogP contribution is -2.26. The first-order chi connectivity index (χ1) is 9.56. The fourth-order valence-corrected chi connectivity index (χ4v) is 2.61. The first-order valence-electron chi connectivity index (χ1n) is 6.54. The van der Waals surface area contributed by atoms with Gasteiger partial charge in [-0.05, 0) is 25.0 Å². The number of para-hydroxylation sites is 1. The molecular formula is C15H19N3OS. The van der Waals surface area contributed by atoms with Crippen LogP contribution in [-0.2, 0) is 17.8 Å². The van der Waals surface area contributed by atoms with Crippen LogP contribution < -0.4 is 5.73 Å². The molecule has 0 atom stereocenters. The molecule has 2 N–H and O–H groups in total. The van der Waals surface area contributed by atoms with E-state index in [4.69, 9.17) is 5.73 Å². The number of hydrogen-bond donors (Lipinski definition) is 1. The topological polar surface area (TPSA) is 59.2 Å². The van der Waals surface area contributed by atoms with Crippen molar-refractivity contribution in [2.45, 2.75) is 26.3 Å². The molecule has 0 aliphatic carbocycles. The smallest absolute Gasteiger partial charge is 0.222 e. The summed E-state index contributed by atoms with van der Waals surface area (Å²) in [7, 11) is 1.81. The number of aromatic nitrogens is 1. The number of hydrogen-bond acceptors (Lipinski definition) is 4. The lowest BCUT2D eigenvalue weighted by Gasteiger charge is -2.16. The molecule has 0 saturated heterocycles. The summed E-state index contributed by atoms with van der Waals surface area (Å²) in [6, 6.07) is 7.67. The van der Waals surface area contributed by atoms with Crippen molar-refractivity contribution in [2.24, 2.45) is 0 Å². The number of nitrogens with zero attached hydrogens (tertiary/aromatic N) is 2. The summed E-state index contributed by atoms with van der Waals surface area (Å²) in [6.07, 6.45) is 1.14. The Bertz CT molecular complexity index is 594. The number of carbonyl (C=O) groups excluding carboxylic acids is 1. The normalized spacial score (nSPS) is 10.5. The molecule has 2 rings (SSSR count). The molecule has 4 nitrogen and oxygen atoms in total. The number of aryl methyl sites for hydroxylation is 2. The molecule has 2 aromatic rings. The highest BCUT2D eigenvalue weighted by atomic mass is 32.1. The molecule has 106 valence electrons. The van der Waals surface area contributed by atoms with Crippen LogP contribution in [0.3, 0.4) is 0 Å². The van der Waals surface area contributed by atoms with E-state index in [2.05, 4.69) is 4.98 Å². The highest BCUT2D eigenvalue weighted by Gasteiger charge is 2.11. The Kier molecular flexibility index (Phi) is 4.74.